The number of halogens is 1. The number of rotatable bonds is 5. The van der Waals surface area contributed by atoms with Crippen LogP contribution in [-0.2, 0) is 5.33 Å². The Morgan fingerprint density at radius 2 is 1.23 bits per heavy atom. The van der Waals surface area contributed by atoms with Gasteiger partial charge in [0.25, 0.3) is 0 Å². The van der Waals surface area contributed by atoms with Gasteiger partial charge in [-0.3, -0.25) is 0 Å². The molecule has 0 aliphatic rings. The molecule has 0 N–H and O–H groups in total. The first-order valence-electron chi connectivity index (χ1n) is 7.00. The quantitative estimate of drug-likeness (QED) is 0.510. The Kier molecular flexibility index (Phi) is 4.76. The molecule has 0 spiro atoms. The molecule has 0 fully saturated rings. The third kappa shape index (κ3) is 3.68. The number of ether oxygens (including phenoxy) is 2. The van der Waals surface area contributed by atoms with Crippen LogP contribution in [0.3, 0.4) is 0 Å². The van der Waals surface area contributed by atoms with E-state index < -0.39 is 0 Å². The first kappa shape index (κ1) is 14.7. The Balaban J connectivity index is 1.86. The SMILES string of the molecule is BrCc1ccc(Oc2ccccc2)cc1Oc1ccccc1. The van der Waals surface area contributed by atoms with Crippen molar-refractivity contribution < 1.29 is 9.47 Å². The Bertz CT molecular complexity index is 727. The van der Waals surface area contributed by atoms with Crippen molar-refractivity contribution in [2.24, 2.45) is 0 Å². The minimum absolute atomic E-state index is 0.723. The molecule has 0 bridgehead atoms. The van der Waals surface area contributed by atoms with Gasteiger partial charge in [0.1, 0.15) is 23.0 Å². The van der Waals surface area contributed by atoms with Crippen LogP contribution >= 0.6 is 15.9 Å². The predicted molar refractivity (Wildman–Crippen MR) is 92.1 cm³/mol. The molecule has 0 aliphatic carbocycles. The van der Waals surface area contributed by atoms with E-state index in [1.165, 1.54) is 0 Å². The van der Waals surface area contributed by atoms with Gasteiger partial charge in [0.05, 0.1) is 0 Å². The van der Waals surface area contributed by atoms with Crippen LogP contribution in [0, 0.1) is 0 Å². The molecule has 0 aromatic heterocycles. The first-order chi connectivity index (χ1) is 10.8. The number of para-hydroxylation sites is 2. The standard InChI is InChI=1S/C19H15BrO2/c20-14-15-11-12-18(21-16-7-3-1-4-8-16)13-19(15)22-17-9-5-2-6-10-17/h1-13H,14H2. The lowest BCUT2D eigenvalue weighted by atomic mass is 10.2. The smallest absolute Gasteiger partial charge is 0.135 e. The Hall–Kier alpha value is -2.26. The molecule has 0 saturated heterocycles. The van der Waals surface area contributed by atoms with E-state index in [-0.39, 0.29) is 0 Å². The minimum Gasteiger partial charge on any atom is -0.457 e. The van der Waals surface area contributed by atoms with Gasteiger partial charge in [0, 0.05) is 17.0 Å². The zero-order chi connectivity index (χ0) is 15.2. The molecule has 2 nitrogen and oxygen atoms in total. The van der Waals surface area contributed by atoms with Gasteiger partial charge >= 0.3 is 0 Å². The van der Waals surface area contributed by atoms with Gasteiger partial charge in [-0.2, -0.15) is 0 Å². The molecule has 110 valence electrons. The summed E-state index contributed by atoms with van der Waals surface area (Å²) in [6, 6.07) is 25.3. The third-order valence-corrected chi connectivity index (χ3v) is 3.74. The number of hydrogen-bond acceptors (Lipinski definition) is 2. The molecule has 0 saturated carbocycles. The van der Waals surface area contributed by atoms with Gasteiger partial charge in [0.2, 0.25) is 0 Å². The maximum Gasteiger partial charge on any atom is 0.135 e. The van der Waals surface area contributed by atoms with Crippen molar-refractivity contribution in [1.29, 1.82) is 0 Å². The van der Waals surface area contributed by atoms with Crippen LogP contribution in [0.2, 0.25) is 0 Å². The summed E-state index contributed by atoms with van der Waals surface area (Å²) < 4.78 is 11.8. The molecule has 0 amide bonds. The second kappa shape index (κ2) is 7.14. The summed E-state index contributed by atoms with van der Waals surface area (Å²) in [6.45, 7) is 0. The normalized spacial score (nSPS) is 10.2. The van der Waals surface area contributed by atoms with Crippen LogP contribution in [0.4, 0.5) is 0 Å². The highest BCUT2D eigenvalue weighted by atomic mass is 79.9. The van der Waals surface area contributed by atoms with Gasteiger partial charge in [0.15, 0.2) is 0 Å². The van der Waals surface area contributed by atoms with Crippen LogP contribution in [0.1, 0.15) is 5.56 Å². The van der Waals surface area contributed by atoms with E-state index in [4.69, 9.17) is 9.47 Å². The van der Waals surface area contributed by atoms with Crippen molar-refractivity contribution in [2.45, 2.75) is 5.33 Å². The van der Waals surface area contributed by atoms with Crippen LogP contribution in [0.25, 0.3) is 0 Å². The maximum absolute atomic E-state index is 5.97. The lowest BCUT2D eigenvalue weighted by molar-refractivity contribution is 0.457. The molecule has 0 aliphatic heterocycles. The molecule has 3 aromatic carbocycles. The van der Waals surface area contributed by atoms with Crippen molar-refractivity contribution in [1.82, 2.24) is 0 Å². The number of alkyl halides is 1. The number of hydrogen-bond donors (Lipinski definition) is 0. The van der Waals surface area contributed by atoms with Crippen molar-refractivity contribution in [3.63, 3.8) is 0 Å². The van der Waals surface area contributed by atoms with E-state index in [0.717, 1.165) is 33.9 Å². The summed E-state index contributed by atoms with van der Waals surface area (Å²) in [4.78, 5) is 0. The highest BCUT2D eigenvalue weighted by molar-refractivity contribution is 9.08. The molecule has 3 rings (SSSR count). The summed E-state index contributed by atoms with van der Waals surface area (Å²) in [5.41, 5.74) is 1.07. The Labute approximate surface area is 138 Å². The Morgan fingerprint density at radius 3 is 1.82 bits per heavy atom. The average molecular weight is 355 g/mol. The van der Waals surface area contributed by atoms with Crippen molar-refractivity contribution in [2.75, 3.05) is 0 Å². The fourth-order valence-electron chi connectivity index (χ4n) is 2.04. The fourth-order valence-corrected chi connectivity index (χ4v) is 2.51. The highest BCUT2D eigenvalue weighted by Crippen LogP contribution is 2.32. The van der Waals surface area contributed by atoms with Crippen LogP contribution in [0.15, 0.2) is 78.9 Å². The summed E-state index contributed by atoms with van der Waals surface area (Å²) in [5, 5.41) is 0.723. The molecule has 3 heteroatoms. The lowest BCUT2D eigenvalue weighted by Gasteiger charge is -2.12. The van der Waals surface area contributed by atoms with E-state index in [9.17, 15) is 0 Å². The second-order valence-corrected chi connectivity index (χ2v) is 5.29. The third-order valence-electron chi connectivity index (χ3n) is 3.13. The van der Waals surface area contributed by atoms with Crippen LogP contribution in [-0.4, -0.2) is 0 Å². The largest absolute Gasteiger partial charge is 0.457 e. The highest BCUT2D eigenvalue weighted by Gasteiger charge is 2.07. The number of benzene rings is 3. The van der Waals surface area contributed by atoms with Crippen LogP contribution in [0.5, 0.6) is 23.0 Å². The molecule has 22 heavy (non-hydrogen) atoms. The zero-order valence-electron chi connectivity index (χ0n) is 11.9. The van der Waals surface area contributed by atoms with E-state index in [0.29, 0.717) is 0 Å². The molecular weight excluding hydrogens is 340 g/mol. The zero-order valence-corrected chi connectivity index (χ0v) is 13.5. The summed E-state index contributed by atoms with van der Waals surface area (Å²) >= 11 is 3.49. The van der Waals surface area contributed by atoms with E-state index in [2.05, 4.69) is 15.9 Å². The first-order valence-corrected chi connectivity index (χ1v) is 8.12. The van der Waals surface area contributed by atoms with Crippen LogP contribution < -0.4 is 9.47 Å². The molecule has 0 atom stereocenters. The molecule has 3 aromatic rings. The van der Waals surface area contributed by atoms with Crippen molar-refractivity contribution in [3.05, 3.63) is 84.4 Å². The van der Waals surface area contributed by atoms with Gasteiger partial charge in [-0.15, -0.1) is 0 Å². The maximum atomic E-state index is 5.97. The van der Waals surface area contributed by atoms with Gasteiger partial charge < -0.3 is 9.47 Å². The van der Waals surface area contributed by atoms with E-state index in [1.807, 2.05) is 78.9 Å². The molecular formula is C19H15BrO2. The van der Waals surface area contributed by atoms with E-state index >= 15 is 0 Å². The van der Waals surface area contributed by atoms with Gasteiger partial charge in [-0.1, -0.05) is 58.4 Å². The second-order valence-electron chi connectivity index (χ2n) is 4.73. The lowest BCUT2D eigenvalue weighted by Crippen LogP contribution is -1.91. The minimum atomic E-state index is 0.723. The molecule has 0 unspecified atom stereocenters. The predicted octanol–water partition coefficient (Wildman–Crippen LogP) is 6.17. The topological polar surface area (TPSA) is 18.5 Å². The summed E-state index contributed by atoms with van der Waals surface area (Å²) in [6.07, 6.45) is 0. The summed E-state index contributed by atoms with van der Waals surface area (Å²) in [5.74, 6) is 3.15. The Morgan fingerprint density at radius 1 is 0.636 bits per heavy atom. The van der Waals surface area contributed by atoms with Gasteiger partial charge in [-0.05, 0) is 30.3 Å². The fraction of sp³-hybridized carbons (Fsp3) is 0.0526. The van der Waals surface area contributed by atoms with Crippen molar-refractivity contribution in [3.8, 4) is 23.0 Å². The van der Waals surface area contributed by atoms with Crippen molar-refractivity contribution >= 4 is 15.9 Å². The molecule has 0 heterocycles. The average Bonchev–Trinajstić information content (AvgIpc) is 2.57. The molecule has 0 radical (unpaired) electrons. The summed E-state index contributed by atoms with van der Waals surface area (Å²) in [7, 11) is 0. The van der Waals surface area contributed by atoms with E-state index in [1.54, 1.807) is 0 Å². The van der Waals surface area contributed by atoms with Gasteiger partial charge in [-0.25, -0.2) is 0 Å². The monoisotopic (exact) mass is 354 g/mol.